The Balaban J connectivity index is 1.37. The van der Waals surface area contributed by atoms with Gasteiger partial charge in [0.1, 0.15) is 5.75 Å². The zero-order chi connectivity index (χ0) is 27.8. The van der Waals surface area contributed by atoms with Gasteiger partial charge < -0.3 is 9.64 Å². The average Bonchev–Trinajstić information content (AvgIpc) is 3.32. The van der Waals surface area contributed by atoms with Crippen molar-refractivity contribution < 1.29 is 22.4 Å². The Morgan fingerprint density at radius 3 is 2.46 bits per heavy atom. The molecule has 0 saturated heterocycles. The minimum atomic E-state index is -4.35. The Kier molecular flexibility index (Phi) is 7.01. The van der Waals surface area contributed by atoms with E-state index in [-0.39, 0.29) is 5.41 Å². The fraction of sp³-hybridized carbons (Fsp3) is 0.333. The third-order valence-electron chi connectivity index (χ3n) is 6.97. The first kappa shape index (κ1) is 26.6. The molecule has 3 aromatic carbocycles. The first-order valence-corrected chi connectivity index (χ1v) is 12.9. The van der Waals surface area contributed by atoms with Gasteiger partial charge in [-0.05, 0) is 83.8 Å². The Labute approximate surface area is 224 Å². The van der Waals surface area contributed by atoms with Crippen LogP contribution in [0.1, 0.15) is 37.5 Å². The lowest BCUT2D eigenvalue weighted by molar-refractivity contribution is -0.137. The van der Waals surface area contributed by atoms with Gasteiger partial charge in [0.25, 0.3) is 0 Å². The molecule has 2 heterocycles. The van der Waals surface area contributed by atoms with Crippen molar-refractivity contribution in [1.29, 1.82) is 0 Å². The lowest BCUT2D eigenvalue weighted by atomic mass is 9.80. The zero-order valence-corrected chi connectivity index (χ0v) is 22.1. The van der Waals surface area contributed by atoms with Crippen LogP contribution in [-0.2, 0) is 19.0 Å². The summed E-state index contributed by atoms with van der Waals surface area (Å²) in [6.45, 7) is 8.49. The number of hydrogen-bond donors (Lipinski definition) is 1. The molecule has 1 aliphatic rings. The van der Waals surface area contributed by atoms with E-state index in [1.54, 1.807) is 0 Å². The maximum Gasteiger partial charge on any atom is 0.439 e. The van der Waals surface area contributed by atoms with Gasteiger partial charge in [-0.3, -0.25) is 9.51 Å². The van der Waals surface area contributed by atoms with Crippen LogP contribution >= 0.6 is 0 Å². The van der Waals surface area contributed by atoms with Crippen molar-refractivity contribution >= 4 is 5.69 Å². The zero-order valence-electron chi connectivity index (χ0n) is 22.1. The molecular weight excluding hydrogens is 507 g/mol. The van der Waals surface area contributed by atoms with Crippen molar-refractivity contribution in [3.05, 3.63) is 87.9 Å². The fourth-order valence-corrected chi connectivity index (χ4v) is 5.24. The number of ether oxygens (including phenoxy) is 1. The van der Waals surface area contributed by atoms with E-state index >= 15 is 0 Å². The SMILES string of the molecule is CCOc1cc(CCN2CC(C)(C)Cc3cc(-c4ccc(C(F)(F)F)cc4)ccc32)ccc1-c1noc(=O)[nH]1. The number of nitrogens with one attached hydrogen (secondary N) is 1. The van der Waals surface area contributed by atoms with E-state index in [2.05, 4.69) is 45.5 Å². The van der Waals surface area contributed by atoms with Gasteiger partial charge in [-0.15, -0.1) is 0 Å². The van der Waals surface area contributed by atoms with Crippen molar-refractivity contribution in [2.24, 2.45) is 5.41 Å². The summed E-state index contributed by atoms with van der Waals surface area (Å²) in [6, 6.07) is 17.3. The number of H-pyrrole nitrogens is 1. The molecule has 0 unspecified atom stereocenters. The van der Waals surface area contributed by atoms with E-state index in [1.165, 1.54) is 17.7 Å². The average molecular weight is 538 g/mol. The predicted octanol–water partition coefficient (Wildman–Crippen LogP) is 6.75. The largest absolute Gasteiger partial charge is 0.493 e. The van der Waals surface area contributed by atoms with Crippen molar-refractivity contribution in [2.45, 2.75) is 39.8 Å². The molecular formula is C30H30F3N3O3. The molecule has 6 nitrogen and oxygen atoms in total. The molecule has 0 fully saturated rings. The normalized spacial score (nSPS) is 14.8. The Morgan fingerprint density at radius 1 is 1.05 bits per heavy atom. The van der Waals surface area contributed by atoms with Gasteiger partial charge >= 0.3 is 11.9 Å². The highest BCUT2D eigenvalue weighted by molar-refractivity contribution is 5.70. The molecule has 9 heteroatoms. The third kappa shape index (κ3) is 5.87. The summed E-state index contributed by atoms with van der Waals surface area (Å²) in [4.78, 5) is 16.4. The van der Waals surface area contributed by atoms with Crippen LogP contribution in [0.2, 0.25) is 0 Å². The van der Waals surface area contributed by atoms with E-state index in [1.807, 2.05) is 31.2 Å². The molecule has 0 bridgehead atoms. The molecule has 0 spiro atoms. The highest BCUT2D eigenvalue weighted by atomic mass is 19.4. The van der Waals surface area contributed by atoms with Crippen molar-refractivity contribution in [1.82, 2.24) is 10.1 Å². The number of rotatable bonds is 7. The van der Waals surface area contributed by atoms with Crippen LogP contribution in [0, 0.1) is 5.41 Å². The van der Waals surface area contributed by atoms with E-state index in [0.29, 0.717) is 23.7 Å². The second kappa shape index (κ2) is 10.3. The van der Waals surface area contributed by atoms with Gasteiger partial charge in [0.15, 0.2) is 5.82 Å². The number of aromatic nitrogens is 2. The Bertz CT molecular complexity index is 1520. The quantitative estimate of drug-likeness (QED) is 0.283. The second-order valence-electron chi connectivity index (χ2n) is 10.6. The molecule has 204 valence electrons. The fourth-order valence-electron chi connectivity index (χ4n) is 5.24. The van der Waals surface area contributed by atoms with Crippen LogP contribution in [0.4, 0.5) is 18.9 Å². The smallest absolute Gasteiger partial charge is 0.439 e. The van der Waals surface area contributed by atoms with Crippen molar-refractivity contribution in [3.63, 3.8) is 0 Å². The number of halogens is 3. The molecule has 39 heavy (non-hydrogen) atoms. The minimum Gasteiger partial charge on any atom is -0.493 e. The predicted molar refractivity (Wildman–Crippen MR) is 144 cm³/mol. The second-order valence-corrected chi connectivity index (χ2v) is 10.6. The molecule has 0 aliphatic carbocycles. The summed E-state index contributed by atoms with van der Waals surface area (Å²) >= 11 is 0. The number of nitrogens with zero attached hydrogens (tertiary/aromatic N) is 2. The number of alkyl halides is 3. The third-order valence-corrected chi connectivity index (χ3v) is 6.97. The number of hydrogen-bond acceptors (Lipinski definition) is 5. The van der Waals surface area contributed by atoms with Crippen LogP contribution in [0.25, 0.3) is 22.5 Å². The monoisotopic (exact) mass is 537 g/mol. The summed E-state index contributed by atoms with van der Waals surface area (Å²) in [5.41, 5.74) is 5.12. The van der Waals surface area contributed by atoms with Gasteiger partial charge in [0, 0.05) is 18.8 Å². The molecule has 5 rings (SSSR count). The molecule has 0 saturated carbocycles. The number of anilines is 1. The van der Waals surface area contributed by atoms with Crippen LogP contribution in [0.3, 0.4) is 0 Å². The van der Waals surface area contributed by atoms with Gasteiger partial charge in [-0.25, -0.2) is 4.79 Å². The summed E-state index contributed by atoms with van der Waals surface area (Å²) < 4.78 is 49.5. The highest BCUT2D eigenvalue weighted by Gasteiger charge is 2.31. The van der Waals surface area contributed by atoms with Gasteiger partial charge in [-0.2, -0.15) is 13.2 Å². The summed E-state index contributed by atoms with van der Waals surface area (Å²) in [5, 5.41) is 3.78. The van der Waals surface area contributed by atoms with E-state index in [9.17, 15) is 18.0 Å². The van der Waals surface area contributed by atoms with E-state index in [4.69, 9.17) is 4.74 Å². The molecule has 0 amide bonds. The maximum atomic E-state index is 13.0. The standard InChI is InChI=1S/C30H30F3N3O3/c1-4-38-26-15-19(5-11-24(26)27-34-28(37)39-35-27)13-14-36-18-29(2,3)17-22-16-21(8-12-25(22)36)20-6-9-23(10-7-20)30(31,32)33/h5-12,15-16H,4,13-14,17-18H2,1-3H3,(H,34,35,37). The van der Waals surface area contributed by atoms with Crippen LogP contribution < -0.4 is 15.4 Å². The van der Waals surface area contributed by atoms with Crippen LogP contribution in [0.15, 0.2) is 70.0 Å². The van der Waals surface area contributed by atoms with Crippen molar-refractivity contribution in [2.75, 3.05) is 24.6 Å². The minimum absolute atomic E-state index is 0.0327. The molecule has 1 aliphatic heterocycles. The topological polar surface area (TPSA) is 71.4 Å². The summed E-state index contributed by atoms with van der Waals surface area (Å²) in [5.74, 6) is 0.329. The highest BCUT2D eigenvalue weighted by Crippen LogP contribution is 2.39. The van der Waals surface area contributed by atoms with Gasteiger partial charge in [-0.1, -0.05) is 43.3 Å². The molecule has 0 radical (unpaired) electrons. The summed E-state index contributed by atoms with van der Waals surface area (Å²) in [6.07, 6.45) is -2.70. The van der Waals surface area contributed by atoms with Crippen molar-refractivity contribution in [3.8, 4) is 28.3 Å². The lowest BCUT2D eigenvalue weighted by Gasteiger charge is -2.41. The molecule has 4 aromatic rings. The molecule has 1 N–H and O–H groups in total. The van der Waals surface area contributed by atoms with Gasteiger partial charge in [0.05, 0.1) is 17.7 Å². The van der Waals surface area contributed by atoms with E-state index in [0.717, 1.165) is 60.4 Å². The summed E-state index contributed by atoms with van der Waals surface area (Å²) in [7, 11) is 0. The maximum absolute atomic E-state index is 13.0. The first-order chi connectivity index (χ1) is 18.5. The molecule has 0 atom stereocenters. The molecule has 1 aromatic heterocycles. The van der Waals surface area contributed by atoms with Gasteiger partial charge in [0.2, 0.25) is 0 Å². The Morgan fingerprint density at radius 2 is 1.79 bits per heavy atom. The first-order valence-electron chi connectivity index (χ1n) is 12.9. The van der Waals surface area contributed by atoms with Crippen LogP contribution in [-0.4, -0.2) is 29.8 Å². The number of aromatic amines is 1. The number of fused-ring (bicyclic) bond motifs is 1. The van der Waals surface area contributed by atoms with E-state index < -0.39 is 17.5 Å². The number of benzene rings is 3. The lowest BCUT2D eigenvalue weighted by Crippen LogP contribution is -2.41. The Hall–Kier alpha value is -4.01. The van der Waals surface area contributed by atoms with Crippen LogP contribution in [0.5, 0.6) is 5.75 Å².